The molecule has 2 amide bonds. The van der Waals surface area contributed by atoms with E-state index in [1.54, 1.807) is 54.6 Å². The molecular weight excluding hydrogens is 473 g/mol. The first-order valence-corrected chi connectivity index (χ1v) is 10.5. The number of halogens is 3. The van der Waals surface area contributed by atoms with E-state index >= 15 is 0 Å². The van der Waals surface area contributed by atoms with Crippen LogP contribution >= 0.6 is 34.8 Å². The molecule has 0 heterocycles. The van der Waals surface area contributed by atoms with Gasteiger partial charge >= 0.3 is 11.8 Å². The maximum absolute atomic E-state index is 12.0. The third-order valence-corrected chi connectivity index (χ3v) is 5.20. The van der Waals surface area contributed by atoms with E-state index in [0.717, 1.165) is 5.56 Å². The van der Waals surface area contributed by atoms with Crippen LogP contribution in [0.15, 0.2) is 65.8 Å². The Bertz CT molecular complexity index is 1160. The Kier molecular flexibility index (Phi) is 8.11. The SMILES string of the molecule is Cc1cccc(NC(=O)C(=O)N/N=C\c2cc(Cl)ccc2OCc2c(Cl)cccc2Cl)c1. The highest BCUT2D eigenvalue weighted by atomic mass is 35.5. The van der Waals surface area contributed by atoms with Crippen LogP contribution in [-0.2, 0) is 16.2 Å². The number of nitrogens with zero attached hydrogens (tertiary/aromatic N) is 1. The van der Waals surface area contributed by atoms with E-state index in [0.29, 0.717) is 37.6 Å². The minimum Gasteiger partial charge on any atom is -0.488 e. The third-order valence-electron chi connectivity index (χ3n) is 4.26. The highest BCUT2D eigenvalue weighted by molar-refractivity contribution is 6.39. The lowest BCUT2D eigenvalue weighted by Gasteiger charge is -2.12. The number of aryl methyl sites for hydroxylation is 1. The molecule has 3 aromatic rings. The normalized spacial score (nSPS) is 10.8. The Labute approximate surface area is 200 Å². The van der Waals surface area contributed by atoms with Crippen molar-refractivity contribution in [1.29, 1.82) is 0 Å². The molecule has 32 heavy (non-hydrogen) atoms. The van der Waals surface area contributed by atoms with Crippen molar-refractivity contribution in [2.75, 3.05) is 5.32 Å². The monoisotopic (exact) mass is 489 g/mol. The van der Waals surface area contributed by atoms with E-state index in [9.17, 15) is 9.59 Å². The summed E-state index contributed by atoms with van der Waals surface area (Å²) >= 11 is 18.4. The van der Waals surface area contributed by atoms with Gasteiger partial charge in [0.2, 0.25) is 0 Å². The zero-order valence-corrected chi connectivity index (χ0v) is 19.1. The molecule has 0 radical (unpaired) electrons. The second-order valence-electron chi connectivity index (χ2n) is 6.69. The van der Waals surface area contributed by atoms with E-state index in [-0.39, 0.29) is 6.61 Å². The quantitative estimate of drug-likeness (QED) is 0.267. The van der Waals surface area contributed by atoms with E-state index < -0.39 is 11.8 Å². The van der Waals surface area contributed by atoms with Crippen molar-refractivity contribution in [3.05, 3.63) is 92.4 Å². The highest BCUT2D eigenvalue weighted by Gasteiger charge is 2.13. The number of carbonyl (C=O) groups is 2. The molecule has 9 heteroatoms. The van der Waals surface area contributed by atoms with Gasteiger partial charge in [0.15, 0.2) is 0 Å². The Balaban J connectivity index is 1.65. The molecule has 0 aliphatic heterocycles. The minimum absolute atomic E-state index is 0.117. The van der Waals surface area contributed by atoms with Crippen LogP contribution < -0.4 is 15.5 Å². The molecule has 0 saturated heterocycles. The number of rotatable bonds is 6. The first kappa shape index (κ1) is 23.6. The molecule has 0 aromatic heterocycles. The summed E-state index contributed by atoms with van der Waals surface area (Å²) in [5, 5.41) is 7.75. The number of hydrogen-bond acceptors (Lipinski definition) is 4. The summed E-state index contributed by atoms with van der Waals surface area (Å²) in [7, 11) is 0. The molecule has 2 N–H and O–H groups in total. The molecule has 164 valence electrons. The van der Waals surface area contributed by atoms with Crippen LogP contribution in [0.25, 0.3) is 0 Å². The number of nitrogens with one attached hydrogen (secondary N) is 2. The van der Waals surface area contributed by atoms with Gasteiger partial charge in [-0.05, 0) is 55.0 Å². The third kappa shape index (κ3) is 6.47. The van der Waals surface area contributed by atoms with Crippen molar-refractivity contribution in [2.24, 2.45) is 5.10 Å². The molecule has 0 aliphatic rings. The maximum Gasteiger partial charge on any atom is 0.329 e. The molecule has 0 atom stereocenters. The van der Waals surface area contributed by atoms with Crippen LogP contribution in [-0.4, -0.2) is 18.0 Å². The first-order valence-electron chi connectivity index (χ1n) is 9.40. The van der Waals surface area contributed by atoms with E-state index in [4.69, 9.17) is 39.5 Å². The van der Waals surface area contributed by atoms with Gasteiger partial charge in [0.1, 0.15) is 12.4 Å². The lowest BCUT2D eigenvalue weighted by atomic mass is 10.2. The maximum atomic E-state index is 12.0. The lowest BCUT2D eigenvalue weighted by Crippen LogP contribution is -2.32. The fraction of sp³-hybridized carbons (Fsp3) is 0.0870. The molecule has 6 nitrogen and oxygen atoms in total. The van der Waals surface area contributed by atoms with E-state index in [1.165, 1.54) is 6.21 Å². The molecule has 3 rings (SSSR count). The molecule has 0 unspecified atom stereocenters. The largest absolute Gasteiger partial charge is 0.488 e. The predicted molar refractivity (Wildman–Crippen MR) is 128 cm³/mol. The zero-order valence-electron chi connectivity index (χ0n) is 16.9. The van der Waals surface area contributed by atoms with Gasteiger partial charge in [-0.15, -0.1) is 0 Å². The van der Waals surface area contributed by atoms with Gasteiger partial charge in [0.05, 0.1) is 6.21 Å². The zero-order chi connectivity index (χ0) is 23.1. The number of hydrazone groups is 1. The Morgan fingerprint density at radius 1 is 0.969 bits per heavy atom. The average molecular weight is 491 g/mol. The van der Waals surface area contributed by atoms with Crippen molar-refractivity contribution in [2.45, 2.75) is 13.5 Å². The van der Waals surface area contributed by atoms with Gasteiger partial charge in [0.25, 0.3) is 0 Å². The molecule has 0 fully saturated rings. The summed E-state index contributed by atoms with van der Waals surface area (Å²) in [5.41, 5.74) is 4.77. The number of ether oxygens (including phenoxy) is 1. The highest BCUT2D eigenvalue weighted by Crippen LogP contribution is 2.27. The van der Waals surface area contributed by atoms with Crippen LogP contribution in [0.3, 0.4) is 0 Å². The number of hydrogen-bond donors (Lipinski definition) is 2. The average Bonchev–Trinajstić information content (AvgIpc) is 2.74. The number of anilines is 1. The van der Waals surface area contributed by atoms with Crippen molar-refractivity contribution in [3.63, 3.8) is 0 Å². The molecular formula is C23H18Cl3N3O3. The number of amides is 2. The van der Waals surface area contributed by atoms with Crippen molar-refractivity contribution >= 4 is 58.5 Å². The fourth-order valence-corrected chi connectivity index (χ4v) is 3.38. The van der Waals surface area contributed by atoms with Crippen LogP contribution in [0, 0.1) is 6.92 Å². The molecule has 0 aliphatic carbocycles. The van der Waals surface area contributed by atoms with Gasteiger partial charge in [-0.1, -0.05) is 53.0 Å². The Morgan fingerprint density at radius 2 is 1.69 bits per heavy atom. The lowest BCUT2D eigenvalue weighted by molar-refractivity contribution is -0.136. The predicted octanol–water partition coefficient (Wildman–Crippen LogP) is 5.62. The summed E-state index contributed by atoms with van der Waals surface area (Å²) in [5.74, 6) is -1.33. The van der Waals surface area contributed by atoms with Crippen molar-refractivity contribution in [3.8, 4) is 5.75 Å². The fourth-order valence-electron chi connectivity index (χ4n) is 2.69. The van der Waals surface area contributed by atoms with Gasteiger partial charge in [-0.2, -0.15) is 5.10 Å². The summed E-state index contributed by atoms with van der Waals surface area (Å²) in [6.07, 6.45) is 1.33. The van der Waals surface area contributed by atoms with Gasteiger partial charge in [-0.3, -0.25) is 9.59 Å². The minimum atomic E-state index is -0.921. The van der Waals surface area contributed by atoms with Crippen molar-refractivity contribution in [1.82, 2.24) is 5.43 Å². The standard InChI is InChI=1S/C23H18Cl3N3O3/c1-14-4-2-5-17(10-14)28-22(30)23(31)29-27-12-15-11-16(24)8-9-21(15)32-13-18-19(25)6-3-7-20(18)26/h2-12H,13H2,1H3,(H,28,30)(H,29,31)/b27-12-. The molecule has 0 saturated carbocycles. The van der Waals surface area contributed by atoms with Crippen LogP contribution in [0.2, 0.25) is 15.1 Å². The van der Waals surface area contributed by atoms with Crippen LogP contribution in [0.5, 0.6) is 5.75 Å². The Hall–Kier alpha value is -3.06. The first-order chi connectivity index (χ1) is 15.3. The van der Waals surface area contributed by atoms with Gasteiger partial charge < -0.3 is 10.1 Å². The topological polar surface area (TPSA) is 79.8 Å². The number of benzene rings is 3. The summed E-state index contributed by atoms with van der Waals surface area (Å²) in [6, 6.07) is 17.2. The van der Waals surface area contributed by atoms with Gasteiger partial charge in [-0.25, -0.2) is 5.43 Å². The summed E-state index contributed by atoms with van der Waals surface area (Å²) in [4.78, 5) is 24.1. The molecule has 0 spiro atoms. The van der Waals surface area contributed by atoms with E-state index in [1.807, 2.05) is 13.0 Å². The molecule has 3 aromatic carbocycles. The van der Waals surface area contributed by atoms with Gasteiger partial charge in [0, 0.05) is 31.9 Å². The van der Waals surface area contributed by atoms with Crippen LogP contribution in [0.1, 0.15) is 16.7 Å². The van der Waals surface area contributed by atoms with E-state index in [2.05, 4.69) is 15.8 Å². The number of carbonyl (C=O) groups excluding carboxylic acids is 2. The van der Waals surface area contributed by atoms with Crippen LogP contribution in [0.4, 0.5) is 5.69 Å². The second kappa shape index (κ2) is 11.0. The summed E-state index contributed by atoms with van der Waals surface area (Å²) < 4.78 is 5.82. The molecule has 0 bridgehead atoms. The summed E-state index contributed by atoms with van der Waals surface area (Å²) in [6.45, 7) is 2.00. The van der Waals surface area contributed by atoms with Crippen molar-refractivity contribution < 1.29 is 14.3 Å². The smallest absolute Gasteiger partial charge is 0.329 e. The second-order valence-corrected chi connectivity index (χ2v) is 7.94. The Morgan fingerprint density at radius 3 is 2.41 bits per heavy atom.